The zero-order valence-electron chi connectivity index (χ0n) is 12.1. The van der Waals surface area contributed by atoms with Gasteiger partial charge in [-0.15, -0.1) is 0 Å². The Labute approximate surface area is 119 Å². The predicted octanol–water partition coefficient (Wildman–Crippen LogP) is 3.41. The van der Waals surface area contributed by atoms with Crippen molar-refractivity contribution in [3.05, 3.63) is 17.0 Å². The number of hydrogen-bond donors (Lipinski definition) is 1. The lowest BCUT2D eigenvalue weighted by Crippen LogP contribution is -2.33. The summed E-state index contributed by atoms with van der Waals surface area (Å²) >= 11 is 6.06. The van der Waals surface area contributed by atoms with Crippen molar-refractivity contribution in [2.24, 2.45) is 0 Å². The third kappa shape index (κ3) is 3.80. The van der Waals surface area contributed by atoms with Crippen LogP contribution in [0.2, 0.25) is 5.15 Å². The Morgan fingerprint density at radius 1 is 1.42 bits per heavy atom. The van der Waals surface area contributed by atoms with Crippen LogP contribution in [0.3, 0.4) is 0 Å². The third-order valence-electron chi connectivity index (χ3n) is 3.31. The van der Waals surface area contributed by atoms with Crippen LogP contribution in [0.25, 0.3) is 0 Å². The van der Waals surface area contributed by atoms with Gasteiger partial charge in [-0.2, -0.15) is 0 Å². The molecule has 1 aliphatic rings. The normalized spacial score (nSPS) is 23.6. The van der Waals surface area contributed by atoms with E-state index in [1.165, 1.54) is 0 Å². The van der Waals surface area contributed by atoms with Crippen LogP contribution in [-0.2, 0) is 10.2 Å². The largest absolute Gasteiger partial charge is 0.373 e. The lowest BCUT2D eigenvalue weighted by Gasteiger charge is -2.24. The monoisotopic (exact) mass is 283 g/mol. The first kappa shape index (κ1) is 14.5. The fraction of sp³-hybridized carbons (Fsp3) is 0.714. The molecule has 0 radical (unpaired) electrons. The van der Waals surface area contributed by atoms with Gasteiger partial charge < -0.3 is 10.1 Å². The minimum absolute atomic E-state index is 0.0979. The number of nitrogens with one attached hydrogen (secondary N) is 1. The number of nitrogens with zero attached hydrogens (tertiary/aromatic N) is 2. The van der Waals surface area contributed by atoms with Crippen LogP contribution >= 0.6 is 11.6 Å². The van der Waals surface area contributed by atoms with Gasteiger partial charge in [-0.25, -0.2) is 9.97 Å². The second kappa shape index (κ2) is 5.25. The van der Waals surface area contributed by atoms with Gasteiger partial charge in [0, 0.05) is 24.6 Å². The summed E-state index contributed by atoms with van der Waals surface area (Å²) in [5.41, 5.74) is -0.214. The maximum atomic E-state index is 6.06. The summed E-state index contributed by atoms with van der Waals surface area (Å²) < 4.78 is 5.75. The molecule has 1 atom stereocenters. The molecule has 1 fully saturated rings. The highest BCUT2D eigenvalue weighted by Crippen LogP contribution is 2.26. The van der Waals surface area contributed by atoms with E-state index in [-0.39, 0.29) is 11.0 Å². The van der Waals surface area contributed by atoms with E-state index in [0.717, 1.165) is 37.6 Å². The Morgan fingerprint density at radius 3 is 2.74 bits per heavy atom. The SMILES string of the molecule is CC1(CNc2cc(Cl)nc(C(C)(C)C)n2)CCCO1. The molecule has 1 unspecified atom stereocenters. The van der Waals surface area contributed by atoms with Crippen LogP contribution in [0.4, 0.5) is 5.82 Å². The highest BCUT2D eigenvalue weighted by atomic mass is 35.5. The van der Waals surface area contributed by atoms with Gasteiger partial charge in [0.25, 0.3) is 0 Å². The number of hydrogen-bond acceptors (Lipinski definition) is 4. The molecule has 0 aromatic carbocycles. The number of ether oxygens (including phenoxy) is 1. The van der Waals surface area contributed by atoms with Crippen LogP contribution in [0, 0.1) is 0 Å². The summed E-state index contributed by atoms with van der Waals surface area (Å²) in [6.45, 7) is 9.93. The summed E-state index contributed by atoms with van der Waals surface area (Å²) in [5.74, 6) is 1.52. The van der Waals surface area contributed by atoms with Gasteiger partial charge >= 0.3 is 0 Å². The van der Waals surface area contributed by atoms with Crippen molar-refractivity contribution in [2.75, 3.05) is 18.5 Å². The van der Waals surface area contributed by atoms with Gasteiger partial charge in [-0.1, -0.05) is 32.4 Å². The summed E-state index contributed by atoms with van der Waals surface area (Å²) in [4.78, 5) is 8.82. The maximum Gasteiger partial charge on any atom is 0.137 e. The Bertz CT molecular complexity index is 450. The number of rotatable bonds is 3. The average Bonchev–Trinajstić information content (AvgIpc) is 2.72. The molecule has 4 nitrogen and oxygen atoms in total. The van der Waals surface area contributed by atoms with E-state index < -0.39 is 0 Å². The summed E-state index contributed by atoms with van der Waals surface area (Å²) in [5, 5.41) is 3.79. The summed E-state index contributed by atoms with van der Waals surface area (Å²) in [6.07, 6.45) is 2.20. The Hall–Kier alpha value is -0.870. The van der Waals surface area contributed by atoms with E-state index in [9.17, 15) is 0 Å². The van der Waals surface area contributed by atoms with E-state index in [0.29, 0.717) is 5.15 Å². The zero-order valence-corrected chi connectivity index (χ0v) is 12.8. The Morgan fingerprint density at radius 2 is 2.16 bits per heavy atom. The summed E-state index contributed by atoms with van der Waals surface area (Å²) in [7, 11) is 0. The van der Waals surface area contributed by atoms with E-state index in [4.69, 9.17) is 16.3 Å². The smallest absolute Gasteiger partial charge is 0.137 e. The van der Waals surface area contributed by atoms with Crippen molar-refractivity contribution in [1.29, 1.82) is 0 Å². The van der Waals surface area contributed by atoms with Crippen molar-refractivity contribution in [1.82, 2.24) is 9.97 Å². The second-order valence-electron chi connectivity index (χ2n) is 6.40. The van der Waals surface area contributed by atoms with Gasteiger partial charge in [-0.3, -0.25) is 0 Å². The first-order valence-electron chi connectivity index (χ1n) is 6.71. The van der Waals surface area contributed by atoms with Crippen LogP contribution in [-0.4, -0.2) is 28.7 Å². The number of anilines is 1. The van der Waals surface area contributed by atoms with E-state index in [2.05, 4.69) is 43.0 Å². The minimum atomic E-state index is -0.116. The van der Waals surface area contributed by atoms with Gasteiger partial charge in [0.2, 0.25) is 0 Å². The molecule has 1 aromatic rings. The second-order valence-corrected chi connectivity index (χ2v) is 6.79. The molecule has 106 valence electrons. The zero-order chi connectivity index (χ0) is 14.1. The predicted molar refractivity (Wildman–Crippen MR) is 77.8 cm³/mol. The number of aromatic nitrogens is 2. The molecule has 19 heavy (non-hydrogen) atoms. The molecule has 2 heterocycles. The van der Waals surface area contributed by atoms with E-state index >= 15 is 0 Å². The molecule has 0 bridgehead atoms. The van der Waals surface area contributed by atoms with Crippen molar-refractivity contribution in [2.45, 2.75) is 51.6 Å². The highest BCUT2D eigenvalue weighted by molar-refractivity contribution is 6.29. The first-order chi connectivity index (χ1) is 8.78. The lowest BCUT2D eigenvalue weighted by atomic mass is 9.96. The maximum absolute atomic E-state index is 6.06. The minimum Gasteiger partial charge on any atom is -0.373 e. The molecule has 2 rings (SSSR count). The molecule has 0 spiro atoms. The van der Waals surface area contributed by atoms with Gasteiger partial charge in [0.05, 0.1) is 5.60 Å². The quantitative estimate of drug-likeness (QED) is 0.864. The Kier molecular flexibility index (Phi) is 4.02. The molecule has 1 aromatic heterocycles. The molecule has 1 N–H and O–H groups in total. The molecule has 1 saturated heterocycles. The van der Waals surface area contributed by atoms with Gasteiger partial charge in [-0.05, 0) is 19.8 Å². The summed E-state index contributed by atoms with van der Waals surface area (Å²) in [6, 6.07) is 1.76. The fourth-order valence-corrected chi connectivity index (χ4v) is 2.28. The molecular weight excluding hydrogens is 262 g/mol. The molecular formula is C14H22ClN3O. The van der Waals surface area contributed by atoms with Crippen LogP contribution < -0.4 is 5.32 Å². The highest BCUT2D eigenvalue weighted by Gasteiger charge is 2.29. The standard InChI is InChI=1S/C14H22ClN3O/c1-13(2,3)12-17-10(15)8-11(18-12)16-9-14(4)6-5-7-19-14/h8H,5-7,9H2,1-4H3,(H,16,17,18). The van der Waals surface area contributed by atoms with Crippen molar-refractivity contribution >= 4 is 17.4 Å². The average molecular weight is 284 g/mol. The van der Waals surface area contributed by atoms with E-state index in [1.807, 2.05) is 0 Å². The molecule has 1 aliphatic heterocycles. The topological polar surface area (TPSA) is 47.0 Å². The molecule has 0 amide bonds. The van der Waals surface area contributed by atoms with E-state index in [1.54, 1.807) is 6.07 Å². The third-order valence-corrected chi connectivity index (χ3v) is 3.50. The van der Waals surface area contributed by atoms with Gasteiger partial charge in [0.15, 0.2) is 0 Å². The van der Waals surface area contributed by atoms with Crippen LogP contribution in [0.15, 0.2) is 6.07 Å². The van der Waals surface area contributed by atoms with Crippen molar-refractivity contribution < 1.29 is 4.74 Å². The molecule has 5 heteroatoms. The lowest BCUT2D eigenvalue weighted by molar-refractivity contribution is 0.0314. The van der Waals surface area contributed by atoms with Crippen molar-refractivity contribution in [3.63, 3.8) is 0 Å². The first-order valence-corrected chi connectivity index (χ1v) is 7.09. The Balaban J connectivity index is 2.10. The van der Waals surface area contributed by atoms with Crippen LogP contribution in [0.1, 0.15) is 46.4 Å². The van der Waals surface area contributed by atoms with Crippen molar-refractivity contribution in [3.8, 4) is 0 Å². The fourth-order valence-electron chi connectivity index (χ4n) is 2.10. The number of halogens is 1. The molecule has 0 saturated carbocycles. The van der Waals surface area contributed by atoms with Gasteiger partial charge in [0.1, 0.15) is 16.8 Å². The van der Waals surface area contributed by atoms with Crippen LogP contribution in [0.5, 0.6) is 0 Å². The molecule has 0 aliphatic carbocycles.